The minimum Gasteiger partial charge on any atom is -0.484 e. The lowest BCUT2D eigenvalue weighted by molar-refractivity contribution is 0.0694. The van der Waals surface area contributed by atoms with Gasteiger partial charge < -0.3 is 9.84 Å². The Morgan fingerprint density at radius 3 is 2.24 bits per heavy atom. The van der Waals surface area contributed by atoms with E-state index in [1.165, 1.54) is 6.26 Å². The van der Waals surface area contributed by atoms with E-state index in [2.05, 4.69) is 6.92 Å². The van der Waals surface area contributed by atoms with E-state index in [1.54, 1.807) is 24.3 Å². The van der Waals surface area contributed by atoms with Crippen LogP contribution in [0.15, 0.2) is 65.6 Å². The van der Waals surface area contributed by atoms with Crippen molar-refractivity contribution >= 4 is 15.8 Å². The third-order valence-electron chi connectivity index (χ3n) is 5.91. The molecule has 0 saturated carbocycles. The van der Waals surface area contributed by atoms with E-state index in [9.17, 15) is 18.3 Å². The number of carbonyl (C=O) groups is 1. The van der Waals surface area contributed by atoms with Gasteiger partial charge in [-0.2, -0.15) is 0 Å². The van der Waals surface area contributed by atoms with Gasteiger partial charge in [0, 0.05) is 11.8 Å². The van der Waals surface area contributed by atoms with Gasteiger partial charge in [0.1, 0.15) is 16.7 Å². The lowest BCUT2D eigenvalue weighted by Gasteiger charge is -2.25. The number of carboxylic acids is 1. The van der Waals surface area contributed by atoms with E-state index in [-0.39, 0.29) is 15.9 Å². The standard InChI is InChI=1S/C28H32O5S/c1-7-19-11-8-9-12-21(19)22-13-10-14-25(34(6,31)32)26(22)33-18(2)20-15-16-23(27(29)30)24(17-20)28(3,4)5/h8-18H,7H2,1-6H3,(H,29,30). The SMILES string of the molecule is CCc1ccccc1-c1cccc(S(C)(=O)=O)c1OC(C)c1ccc(C(=O)O)c(C(C)(C)C)c1. The van der Waals surface area contributed by atoms with Crippen LogP contribution in [-0.4, -0.2) is 25.7 Å². The molecule has 0 radical (unpaired) electrons. The number of aryl methyl sites for hydroxylation is 1. The lowest BCUT2D eigenvalue weighted by atomic mass is 9.82. The van der Waals surface area contributed by atoms with Gasteiger partial charge >= 0.3 is 5.97 Å². The zero-order chi connectivity index (χ0) is 25.3. The summed E-state index contributed by atoms with van der Waals surface area (Å²) in [5.74, 6) is -0.677. The van der Waals surface area contributed by atoms with Gasteiger partial charge in [-0.3, -0.25) is 0 Å². The Morgan fingerprint density at radius 1 is 1.00 bits per heavy atom. The van der Waals surface area contributed by atoms with E-state index in [1.807, 2.05) is 64.1 Å². The van der Waals surface area contributed by atoms with Crippen molar-refractivity contribution in [2.45, 2.75) is 57.5 Å². The molecule has 0 heterocycles. The number of aromatic carboxylic acids is 1. The molecule has 1 unspecified atom stereocenters. The monoisotopic (exact) mass is 480 g/mol. The van der Waals surface area contributed by atoms with Crippen LogP contribution in [-0.2, 0) is 21.7 Å². The van der Waals surface area contributed by atoms with Gasteiger partial charge in [-0.25, -0.2) is 13.2 Å². The van der Waals surface area contributed by atoms with E-state index in [0.717, 1.165) is 23.1 Å². The summed E-state index contributed by atoms with van der Waals surface area (Å²) < 4.78 is 31.7. The normalized spacial score (nSPS) is 12.9. The highest BCUT2D eigenvalue weighted by atomic mass is 32.2. The van der Waals surface area contributed by atoms with Crippen LogP contribution < -0.4 is 4.74 Å². The molecular weight excluding hydrogens is 448 g/mol. The molecule has 0 aliphatic carbocycles. The number of para-hydroxylation sites is 1. The smallest absolute Gasteiger partial charge is 0.335 e. The molecule has 3 aromatic carbocycles. The van der Waals surface area contributed by atoms with Gasteiger partial charge in [-0.05, 0) is 53.1 Å². The highest BCUT2D eigenvalue weighted by Gasteiger charge is 2.25. The molecule has 0 bridgehead atoms. The molecule has 0 fully saturated rings. The summed E-state index contributed by atoms with van der Waals surface area (Å²) in [5, 5.41) is 9.63. The number of hydrogen-bond acceptors (Lipinski definition) is 4. The average Bonchev–Trinajstić information content (AvgIpc) is 2.77. The van der Waals surface area contributed by atoms with Crippen molar-refractivity contribution in [3.63, 3.8) is 0 Å². The number of hydrogen-bond donors (Lipinski definition) is 1. The highest BCUT2D eigenvalue weighted by molar-refractivity contribution is 7.90. The van der Waals surface area contributed by atoms with Gasteiger partial charge in [0.15, 0.2) is 9.84 Å². The summed E-state index contributed by atoms with van der Waals surface area (Å²) in [6.07, 6.45) is 1.45. The largest absolute Gasteiger partial charge is 0.484 e. The number of ether oxygens (including phenoxy) is 1. The second-order valence-corrected chi connectivity index (χ2v) is 11.5. The molecule has 6 heteroatoms. The second kappa shape index (κ2) is 9.63. The van der Waals surface area contributed by atoms with Crippen molar-refractivity contribution in [3.05, 3.63) is 82.9 Å². The van der Waals surface area contributed by atoms with E-state index < -0.39 is 21.9 Å². The molecule has 1 N–H and O–H groups in total. The van der Waals surface area contributed by atoms with Crippen molar-refractivity contribution in [2.75, 3.05) is 6.26 Å². The fourth-order valence-corrected chi connectivity index (χ4v) is 4.92. The summed E-state index contributed by atoms with van der Waals surface area (Å²) in [6.45, 7) is 9.78. The van der Waals surface area contributed by atoms with Crippen LogP contribution in [0.3, 0.4) is 0 Å². The summed E-state index contributed by atoms with van der Waals surface area (Å²) in [7, 11) is -3.56. The minimum absolute atomic E-state index is 0.126. The van der Waals surface area contributed by atoms with Crippen LogP contribution >= 0.6 is 0 Å². The first-order valence-corrected chi connectivity index (χ1v) is 13.2. The topological polar surface area (TPSA) is 80.7 Å². The first kappa shape index (κ1) is 25.5. The first-order chi connectivity index (χ1) is 15.8. The maximum atomic E-state index is 12.7. The first-order valence-electron chi connectivity index (χ1n) is 11.3. The molecular formula is C28H32O5S. The molecule has 180 valence electrons. The zero-order valence-corrected chi connectivity index (χ0v) is 21.4. The van der Waals surface area contributed by atoms with Gasteiger partial charge in [0.05, 0.1) is 5.56 Å². The van der Waals surface area contributed by atoms with Crippen molar-refractivity contribution in [2.24, 2.45) is 0 Å². The van der Waals surface area contributed by atoms with Crippen LogP contribution in [0.25, 0.3) is 11.1 Å². The zero-order valence-electron chi connectivity index (χ0n) is 20.5. The minimum atomic E-state index is -3.56. The third kappa shape index (κ3) is 5.33. The van der Waals surface area contributed by atoms with Gasteiger partial charge in [0.2, 0.25) is 0 Å². The number of benzene rings is 3. The molecule has 3 rings (SSSR count). The molecule has 0 spiro atoms. The Kier molecular flexibility index (Phi) is 7.22. The van der Waals surface area contributed by atoms with E-state index in [0.29, 0.717) is 16.9 Å². The molecule has 0 aromatic heterocycles. The summed E-state index contributed by atoms with van der Waals surface area (Å²) in [5.41, 5.74) is 4.05. The molecule has 1 atom stereocenters. The summed E-state index contributed by atoms with van der Waals surface area (Å²) in [4.78, 5) is 11.9. The van der Waals surface area contributed by atoms with Gasteiger partial charge in [-0.1, -0.05) is 76.2 Å². The fourth-order valence-electron chi connectivity index (χ4n) is 4.10. The van der Waals surface area contributed by atoms with Gasteiger partial charge in [0.25, 0.3) is 0 Å². The Hall–Kier alpha value is -3.12. The Labute approximate surface area is 202 Å². The average molecular weight is 481 g/mol. The molecule has 0 amide bonds. The molecule has 34 heavy (non-hydrogen) atoms. The van der Waals surface area contributed by atoms with E-state index >= 15 is 0 Å². The quantitative estimate of drug-likeness (QED) is 0.420. The molecule has 5 nitrogen and oxygen atoms in total. The number of sulfone groups is 1. The van der Waals surface area contributed by atoms with E-state index in [4.69, 9.17) is 4.74 Å². The maximum absolute atomic E-state index is 12.7. The van der Waals surface area contributed by atoms with Crippen molar-refractivity contribution in [1.29, 1.82) is 0 Å². The Morgan fingerprint density at radius 2 is 1.65 bits per heavy atom. The third-order valence-corrected chi connectivity index (χ3v) is 7.03. The van der Waals surface area contributed by atoms with Crippen LogP contribution in [0.2, 0.25) is 0 Å². The van der Waals surface area contributed by atoms with Gasteiger partial charge in [-0.15, -0.1) is 0 Å². The van der Waals surface area contributed by atoms with Crippen LogP contribution in [0.5, 0.6) is 5.75 Å². The van der Waals surface area contributed by atoms with Crippen LogP contribution in [0.4, 0.5) is 0 Å². The molecule has 0 saturated heterocycles. The fraction of sp³-hybridized carbons (Fsp3) is 0.321. The Balaban J connectivity index is 2.17. The van der Waals surface area contributed by atoms with Crippen LogP contribution in [0, 0.1) is 0 Å². The summed E-state index contributed by atoms with van der Waals surface area (Å²) >= 11 is 0. The summed E-state index contributed by atoms with van der Waals surface area (Å²) in [6, 6.07) is 18.2. The predicted octanol–water partition coefficient (Wildman–Crippen LogP) is 6.46. The highest BCUT2D eigenvalue weighted by Crippen LogP contribution is 2.40. The maximum Gasteiger partial charge on any atom is 0.335 e. The number of rotatable bonds is 7. The number of carboxylic acid groups (broad SMARTS) is 1. The second-order valence-electron chi connectivity index (χ2n) is 9.54. The molecule has 0 aliphatic heterocycles. The van der Waals surface area contributed by atoms with Crippen molar-refractivity contribution < 1.29 is 23.1 Å². The predicted molar refractivity (Wildman–Crippen MR) is 136 cm³/mol. The lowest BCUT2D eigenvalue weighted by Crippen LogP contribution is -2.18. The molecule has 0 aliphatic rings. The Bertz CT molecular complexity index is 1320. The van der Waals surface area contributed by atoms with Crippen LogP contribution in [0.1, 0.15) is 67.8 Å². The van der Waals surface area contributed by atoms with Crippen molar-refractivity contribution in [3.8, 4) is 16.9 Å². The van der Waals surface area contributed by atoms with Crippen molar-refractivity contribution in [1.82, 2.24) is 0 Å². The molecule has 3 aromatic rings.